The van der Waals surface area contributed by atoms with Gasteiger partial charge in [0.05, 0.1) is 24.0 Å². The maximum atomic E-state index is 14.6. The third-order valence-electron chi connectivity index (χ3n) is 6.60. The second-order valence-corrected chi connectivity index (χ2v) is 12.4. The minimum absolute atomic E-state index is 0.0286. The van der Waals surface area contributed by atoms with Gasteiger partial charge < -0.3 is 11.1 Å². The number of amides is 2. The molecule has 2 amide bonds. The molecule has 0 bridgehead atoms. The van der Waals surface area contributed by atoms with E-state index in [-0.39, 0.29) is 30.3 Å². The number of nitrogens with one attached hydrogen (secondary N) is 1. The number of rotatable bonds is 11. The highest BCUT2D eigenvalue weighted by molar-refractivity contribution is 7.92. The van der Waals surface area contributed by atoms with Gasteiger partial charge in [-0.2, -0.15) is 0 Å². The molecular weight excluding hydrogens is 578 g/mol. The molecule has 0 spiro atoms. The number of halogens is 3. The van der Waals surface area contributed by atoms with Crippen LogP contribution in [0.5, 0.6) is 0 Å². The van der Waals surface area contributed by atoms with Crippen LogP contribution in [0.2, 0.25) is 10.0 Å². The van der Waals surface area contributed by atoms with E-state index in [2.05, 4.69) is 10.2 Å². The number of anilines is 1. The van der Waals surface area contributed by atoms with E-state index in [0.717, 1.165) is 33.8 Å². The van der Waals surface area contributed by atoms with Crippen molar-refractivity contribution in [2.45, 2.75) is 24.9 Å². The van der Waals surface area contributed by atoms with E-state index in [1.807, 2.05) is 24.3 Å². The highest BCUT2D eigenvalue weighted by atomic mass is 35.5. The molecule has 0 aliphatic carbocycles. The van der Waals surface area contributed by atoms with Crippen molar-refractivity contribution in [3.8, 4) is 0 Å². The summed E-state index contributed by atoms with van der Waals surface area (Å²) >= 11 is 12.2. The molecule has 0 radical (unpaired) electrons. The van der Waals surface area contributed by atoms with E-state index >= 15 is 0 Å². The summed E-state index contributed by atoms with van der Waals surface area (Å²) in [6.07, 6.45) is 1.49. The summed E-state index contributed by atoms with van der Waals surface area (Å²) in [4.78, 5) is 25.7. The zero-order valence-electron chi connectivity index (χ0n) is 21.7. The number of hydrogen-bond donors (Lipinski definition) is 2. The molecule has 12 heteroatoms. The fraction of sp³-hybridized carbons (Fsp3) is 0.286. The molecule has 1 fully saturated rings. The zero-order chi connectivity index (χ0) is 29.0. The van der Waals surface area contributed by atoms with Crippen molar-refractivity contribution in [3.05, 3.63) is 99.3 Å². The average molecular weight is 608 g/mol. The fourth-order valence-electron chi connectivity index (χ4n) is 4.82. The topological polar surface area (TPSA) is 113 Å². The lowest BCUT2D eigenvalue weighted by Crippen LogP contribution is -2.61. The molecule has 0 atom stereocenters. The Kier molecular flexibility index (Phi) is 9.35. The van der Waals surface area contributed by atoms with Crippen LogP contribution in [0, 0.1) is 5.82 Å². The summed E-state index contributed by atoms with van der Waals surface area (Å²) in [6, 6.07) is 17.7. The molecule has 0 aromatic heterocycles. The molecule has 1 saturated heterocycles. The van der Waals surface area contributed by atoms with Crippen molar-refractivity contribution in [3.63, 3.8) is 0 Å². The van der Waals surface area contributed by atoms with Crippen LogP contribution in [0.3, 0.4) is 0 Å². The molecule has 212 valence electrons. The van der Waals surface area contributed by atoms with E-state index < -0.39 is 33.7 Å². The number of nitrogens with two attached hydrogens (primary N) is 1. The third kappa shape index (κ3) is 7.31. The Morgan fingerprint density at radius 3 is 2.08 bits per heavy atom. The molecule has 0 saturated carbocycles. The third-order valence-corrected chi connectivity index (χ3v) is 8.33. The van der Waals surface area contributed by atoms with Crippen molar-refractivity contribution in [1.82, 2.24) is 10.2 Å². The van der Waals surface area contributed by atoms with Crippen LogP contribution in [0.4, 0.5) is 10.1 Å². The molecule has 3 N–H and O–H groups in total. The standard InChI is InChI=1S/C28H29Cl2FN4O4S/c1-40(38,39)35(24-14-20(13-23(31)15-24)28(37)33-12-2-3-26(32)36)25-16-34(17-25)27(18-4-8-21(29)9-5-18)19-6-10-22(30)11-7-19/h4-11,13-15,25,27H,2-3,12,16-17H2,1H3,(H2,32,36)(H,33,37). The smallest absolute Gasteiger partial charge is 0.251 e. The van der Waals surface area contributed by atoms with Gasteiger partial charge >= 0.3 is 0 Å². The first kappa shape index (κ1) is 29.8. The van der Waals surface area contributed by atoms with Crippen LogP contribution >= 0.6 is 23.2 Å². The second kappa shape index (κ2) is 12.6. The molecule has 0 unspecified atom stereocenters. The fourth-order valence-corrected chi connectivity index (χ4v) is 6.24. The monoisotopic (exact) mass is 606 g/mol. The van der Waals surface area contributed by atoms with Gasteiger partial charge in [-0.1, -0.05) is 47.5 Å². The van der Waals surface area contributed by atoms with Crippen LogP contribution in [0.1, 0.15) is 40.4 Å². The number of carbonyl (C=O) groups is 2. The number of benzene rings is 3. The molecule has 1 aliphatic heterocycles. The van der Waals surface area contributed by atoms with Gasteiger partial charge in [0.1, 0.15) is 5.82 Å². The van der Waals surface area contributed by atoms with Crippen LogP contribution < -0.4 is 15.4 Å². The van der Waals surface area contributed by atoms with Gasteiger partial charge in [0.25, 0.3) is 5.91 Å². The first-order chi connectivity index (χ1) is 18.9. The molecular formula is C28H29Cl2FN4O4S. The molecule has 3 aromatic rings. The summed E-state index contributed by atoms with van der Waals surface area (Å²) in [5, 5.41) is 3.80. The summed E-state index contributed by atoms with van der Waals surface area (Å²) in [7, 11) is -3.84. The minimum Gasteiger partial charge on any atom is -0.370 e. The number of nitrogens with zero attached hydrogens (tertiary/aromatic N) is 2. The second-order valence-electron chi connectivity index (χ2n) is 9.70. The van der Waals surface area contributed by atoms with E-state index in [1.54, 1.807) is 24.3 Å². The van der Waals surface area contributed by atoms with Crippen molar-refractivity contribution < 1.29 is 22.4 Å². The quantitative estimate of drug-likeness (QED) is 0.315. The Labute approximate surface area is 242 Å². The lowest BCUT2D eigenvalue weighted by Gasteiger charge is -2.48. The van der Waals surface area contributed by atoms with Crippen molar-refractivity contribution in [2.75, 3.05) is 30.2 Å². The van der Waals surface area contributed by atoms with Crippen LogP contribution in [-0.2, 0) is 14.8 Å². The average Bonchev–Trinajstić information content (AvgIpc) is 2.85. The van der Waals surface area contributed by atoms with Gasteiger partial charge in [0.15, 0.2) is 0 Å². The largest absolute Gasteiger partial charge is 0.370 e. The molecule has 1 aliphatic rings. The van der Waals surface area contributed by atoms with Gasteiger partial charge in [-0.25, -0.2) is 12.8 Å². The summed E-state index contributed by atoms with van der Waals surface area (Å²) in [5.74, 6) is -1.82. The lowest BCUT2D eigenvalue weighted by molar-refractivity contribution is -0.118. The molecule has 4 rings (SSSR count). The number of carbonyl (C=O) groups excluding carboxylic acids is 2. The highest BCUT2D eigenvalue weighted by Crippen LogP contribution is 2.37. The van der Waals surface area contributed by atoms with Gasteiger partial charge in [-0.15, -0.1) is 0 Å². The number of primary amides is 1. The Balaban J connectivity index is 1.57. The number of hydrogen-bond acceptors (Lipinski definition) is 5. The van der Waals surface area contributed by atoms with Crippen LogP contribution in [0.25, 0.3) is 0 Å². The lowest BCUT2D eigenvalue weighted by atomic mass is 9.93. The summed E-state index contributed by atoms with van der Waals surface area (Å²) in [5.41, 5.74) is 7.08. The first-order valence-corrected chi connectivity index (χ1v) is 15.1. The van der Waals surface area contributed by atoms with Gasteiger partial charge in [0.2, 0.25) is 15.9 Å². The van der Waals surface area contributed by atoms with Gasteiger partial charge in [-0.3, -0.25) is 18.8 Å². The van der Waals surface area contributed by atoms with E-state index in [9.17, 15) is 22.4 Å². The molecule has 8 nitrogen and oxygen atoms in total. The minimum atomic E-state index is -3.84. The molecule has 3 aromatic carbocycles. The Hall–Kier alpha value is -3.18. The maximum Gasteiger partial charge on any atom is 0.251 e. The van der Waals surface area contributed by atoms with E-state index in [1.165, 1.54) is 6.07 Å². The van der Waals surface area contributed by atoms with Gasteiger partial charge in [-0.05, 0) is 60.0 Å². The molecule has 1 heterocycles. The SMILES string of the molecule is CS(=O)(=O)N(c1cc(F)cc(C(=O)NCCCC(N)=O)c1)C1CN(C(c2ccc(Cl)cc2)c2ccc(Cl)cc2)C1. The highest BCUT2D eigenvalue weighted by Gasteiger charge is 2.41. The number of likely N-dealkylation sites (tertiary alicyclic amines) is 1. The van der Waals surface area contributed by atoms with Gasteiger partial charge in [0, 0.05) is 41.7 Å². The Morgan fingerprint density at radius 2 is 1.57 bits per heavy atom. The molecule has 40 heavy (non-hydrogen) atoms. The first-order valence-electron chi connectivity index (χ1n) is 12.5. The predicted octanol–water partition coefficient (Wildman–Crippen LogP) is 4.37. The summed E-state index contributed by atoms with van der Waals surface area (Å²) in [6.45, 7) is 0.875. The summed E-state index contributed by atoms with van der Waals surface area (Å²) < 4.78 is 41.7. The Morgan fingerprint density at radius 1 is 1.02 bits per heavy atom. The van der Waals surface area contributed by atoms with Crippen molar-refractivity contribution in [1.29, 1.82) is 0 Å². The Bertz CT molecular complexity index is 1440. The normalized spacial score (nSPS) is 14.1. The van der Waals surface area contributed by atoms with Crippen molar-refractivity contribution >= 4 is 50.7 Å². The van der Waals surface area contributed by atoms with E-state index in [4.69, 9.17) is 28.9 Å². The predicted molar refractivity (Wildman–Crippen MR) is 155 cm³/mol. The number of sulfonamides is 1. The van der Waals surface area contributed by atoms with Crippen LogP contribution in [-0.4, -0.2) is 57.1 Å². The maximum absolute atomic E-state index is 14.6. The van der Waals surface area contributed by atoms with Crippen molar-refractivity contribution in [2.24, 2.45) is 5.73 Å². The van der Waals surface area contributed by atoms with Crippen LogP contribution in [0.15, 0.2) is 66.7 Å². The zero-order valence-corrected chi connectivity index (χ0v) is 24.0. The van der Waals surface area contributed by atoms with E-state index in [0.29, 0.717) is 29.6 Å².